The number of likely N-dealkylation sites (tertiary alicyclic amines) is 1. The molecule has 2 N–H and O–H groups in total. The van der Waals surface area contributed by atoms with Gasteiger partial charge in [0.25, 0.3) is 0 Å². The number of guanidine groups is 1. The Balaban J connectivity index is 1.68. The number of nitrogens with one attached hydrogen (secondary N) is 2. The molecule has 1 fully saturated rings. The summed E-state index contributed by atoms with van der Waals surface area (Å²) in [6.45, 7) is 7.25. The lowest BCUT2D eigenvalue weighted by molar-refractivity contribution is 0.185. The summed E-state index contributed by atoms with van der Waals surface area (Å²) in [4.78, 5) is 7.36. The molecule has 0 saturated carbocycles. The maximum Gasteiger partial charge on any atom is 0.191 e. The first-order valence-corrected chi connectivity index (χ1v) is 11.2. The van der Waals surface area contributed by atoms with Gasteiger partial charge < -0.3 is 20.1 Å². The second-order valence-corrected chi connectivity index (χ2v) is 7.86. The highest BCUT2D eigenvalue weighted by molar-refractivity contribution is 5.79. The van der Waals surface area contributed by atoms with E-state index in [0.717, 1.165) is 37.9 Å². The van der Waals surface area contributed by atoms with Crippen molar-refractivity contribution in [3.8, 4) is 5.75 Å². The van der Waals surface area contributed by atoms with Crippen molar-refractivity contribution in [3.63, 3.8) is 0 Å². The molecule has 2 aromatic rings. The van der Waals surface area contributed by atoms with Crippen molar-refractivity contribution in [1.82, 2.24) is 15.5 Å². The van der Waals surface area contributed by atoms with Gasteiger partial charge in [0.15, 0.2) is 5.96 Å². The van der Waals surface area contributed by atoms with Gasteiger partial charge in [0.1, 0.15) is 5.75 Å². The molecular weight excluding hydrogens is 388 g/mol. The first kappa shape index (κ1) is 23.1. The predicted octanol–water partition coefficient (Wildman–Crippen LogP) is 3.73. The van der Waals surface area contributed by atoms with Gasteiger partial charge >= 0.3 is 0 Å². The van der Waals surface area contributed by atoms with Crippen LogP contribution in [0, 0.1) is 0 Å². The molecule has 1 atom stereocenters. The Kier molecular flexibility index (Phi) is 9.18. The van der Waals surface area contributed by atoms with Crippen LogP contribution in [0.1, 0.15) is 42.5 Å². The third-order valence-corrected chi connectivity index (χ3v) is 5.62. The van der Waals surface area contributed by atoms with Gasteiger partial charge in [-0.1, -0.05) is 36.4 Å². The van der Waals surface area contributed by atoms with E-state index in [2.05, 4.69) is 64.9 Å². The molecule has 168 valence electrons. The zero-order valence-electron chi connectivity index (χ0n) is 19.1. The Morgan fingerprint density at radius 1 is 1.03 bits per heavy atom. The van der Waals surface area contributed by atoms with Crippen LogP contribution in [0.3, 0.4) is 0 Å². The molecule has 6 nitrogen and oxygen atoms in total. The van der Waals surface area contributed by atoms with Gasteiger partial charge in [0, 0.05) is 20.2 Å². The average Bonchev–Trinajstić information content (AvgIpc) is 3.33. The molecule has 3 rings (SSSR count). The van der Waals surface area contributed by atoms with Crippen molar-refractivity contribution in [2.45, 2.75) is 39.0 Å². The van der Waals surface area contributed by atoms with Gasteiger partial charge in [-0.15, -0.1) is 0 Å². The molecule has 0 aromatic heterocycles. The zero-order valence-corrected chi connectivity index (χ0v) is 19.1. The van der Waals surface area contributed by atoms with Gasteiger partial charge in [0.2, 0.25) is 0 Å². The van der Waals surface area contributed by atoms with E-state index in [1.165, 1.54) is 29.5 Å². The molecule has 1 heterocycles. The molecule has 1 aliphatic heterocycles. The van der Waals surface area contributed by atoms with Crippen molar-refractivity contribution in [1.29, 1.82) is 0 Å². The lowest BCUT2D eigenvalue weighted by Gasteiger charge is -2.29. The summed E-state index contributed by atoms with van der Waals surface area (Å²) < 4.78 is 10.6. The largest absolute Gasteiger partial charge is 0.497 e. The highest BCUT2D eigenvalue weighted by Gasteiger charge is 2.24. The van der Waals surface area contributed by atoms with E-state index >= 15 is 0 Å². The first-order valence-electron chi connectivity index (χ1n) is 11.2. The fourth-order valence-electron chi connectivity index (χ4n) is 3.97. The van der Waals surface area contributed by atoms with Gasteiger partial charge in [0.05, 0.1) is 26.3 Å². The van der Waals surface area contributed by atoms with Gasteiger partial charge in [-0.25, -0.2) is 4.99 Å². The minimum Gasteiger partial charge on any atom is -0.497 e. The Hall–Kier alpha value is -2.57. The average molecular weight is 425 g/mol. The molecule has 0 radical (unpaired) electrons. The number of aliphatic imine (C=N–C) groups is 1. The Bertz CT molecular complexity index is 817. The van der Waals surface area contributed by atoms with E-state index < -0.39 is 0 Å². The van der Waals surface area contributed by atoms with Gasteiger partial charge in [-0.05, 0) is 61.7 Å². The zero-order chi connectivity index (χ0) is 21.9. The van der Waals surface area contributed by atoms with Crippen LogP contribution in [0.5, 0.6) is 5.75 Å². The van der Waals surface area contributed by atoms with E-state index in [1.807, 2.05) is 6.07 Å². The van der Waals surface area contributed by atoms with E-state index in [9.17, 15) is 0 Å². The molecule has 1 aliphatic rings. The second-order valence-electron chi connectivity index (χ2n) is 7.86. The summed E-state index contributed by atoms with van der Waals surface area (Å²) in [5.74, 6) is 1.75. The highest BCUT2D eigenvalue weighted by Crippen LogP contribution is 2.27. The molecule has 0 aliphatic carbocycles. The van der Waals surface area contributed by atoms with Crippen LogP contribution in [0.15, 0.2) is 53.5 Å². The summed E-state index contributed by atoms with van der Waals surface area (Å²) in [6, 6.07) is 17.1. The van der Waals surface area contributed by atoms with Crippen LogP contribution >= 0.6 is 0 Å². The molecule has 0 amide bonds. The van der Waals surface area contributed by atoms with Crippen LogP contribution in [-0.4, -0.2) is 51.3 Å². The summed E-state index contributed by atoms with van der Waals surface area (Å²) in [6.07, 6.45) is 2.52. The van der Waals surface area contributed by atoms with E-state index in [4.69, 9.17) is 14.5 Å². The van der Waals surface area contributed by atoms with Crippen molar-refractivity contribution in [2.24, 2.45) is 4.99 Å². The monoisotopic (exact) mass is 424 g/mol. The molecule has 0 spiro atoms. The van der Waals surface area contributed by atoms with Crippen LogP contribution in [-0.2, 0) is 17.9 Å². The first-order chi connectivity index (χ1) is 15.2. The Morgan fingerprint density at radius 2 is 1.77 bits per heavy atom. The summed E-state index contributed by atoms with van der Waals surface area (Å²) in [5, 5.41) is 6.95. The molecule has 0 bridgehead atoms. The fraction of sp³-hybridized carbons (Fsp3) is 0.480. The Morgan fingerprint density at radius 3 is 2.45 bits per heavy atom. The third-order valence-electron chi connectivity index (χ3n) is 5.62. The number of nitrogens with zero attached hydrogens (tertiary/aromatic N) is 2. The molecule has 6 heteroatoms. The van der Waals surface area contributed by atoms with Gasteiger partial charge in [-0.3, -0.25) is 4.90 Å². The van der Waals surface area contributed by atoms with Crippen molar-refractivity contribution in [2.75, 3.05) is 40.4 Å². The highest BCUT2D eigenvalue weighted by atomic mass is 16.5. The number of hydrogen-bond donors (Lipinski definition) is 2. The molecule has 31 heavy (non-hydrogen) atoms. The van der Waals surface area contributed by atoms with Crippen LogP contribution in [0.4, 0.5) is 0 Å². The molecule has 1 unspecified atom stereocenters. The van der Waals surface area contributed by atoms with Crippen LogP contribution in [0.25, 0.3) is 0 Å². The number of rotatable bonds is 10. The predicted molar refractivity (Wildman–Crippen MR) is 127 cm³/mol. The van der Waals surface area contributed by atoms with Crippen molar-refractivity contribution >= 4 is 5.96 Å². The smallest absolute Gasteiger partial charge is 0.191 e. The lowest BCUT2D eigenvalue weighted by Crippen LogP contribution is -2.42. The number of methoxy groups -OCH3 is 2. The normalized spacial score (nSPS) is 15.6. The van der Waals surface area contributed by atoms with E-state index in [-0.39, 0.29) is 6.04 Å². The van der Waals surface area contributed by atoms with Crippen molar-refractivity contribution < 1.29 is 9.47 Å². The molecule has 1 saturated heterocycles. The van der Waals surface area contributed by atoms with Crippen LogP contribution < -0.4 is 15.4 Å². The summed E-state index contributed by atoms with van der Waals surface area (Å²) >= 11 is 0. The van der Waals surface area contributed by atoms with Crippen molar-refractivity contribution in [3.05, 3.63) is 65.2 Å². The molecule has 2 aromatic carbocycles. The third kappa shape index (κ3) is 6.97. The van der Waals surface area contributed by atoms with E-state index in [1.54, 1.807) is 14.2 Å². The maximum absolute atomic E-state index is 5.46. The van der Waals surface area contributed by atoms with E-state index in [0.29, 0.717) is 13.2 Å². The maximum atomic E-state index is 5.46. The molecular formula is C25H36N4O2. The number of hydrogen-bond acceptors (Lipinski definition) is 4. The standard InChI is InChI=1S/C25H36N4O2/c1-4-26-25(27-17-20-10-12-21(13-11-20)19-30-2)28-18-24(29-14-5-6-15-29)22-8-7-9-23(16-22)31-3/h7-13,16,24H,4-6,14-15,17-19H2,1-3H3,(H2,26,27,28). The lowest BCUT2D eigenvalue weighted by atomic mass is 10.1. The summed E-state index contributed by atoms with van der Waals surface area (Å²) in [7, 11) is 3.44. The number of benzene rings is 2. The topological polar surface area (TPSA) is 58.1 Å². The number of ether oxygens (including phenoxy) is 2. The SMILES string of the molecule is CCNC(=NCc1ccc(COC)cc1)NCC(c1cccc(OC)c1)N1CCCC1. The van der Waals surface area contributed by atoms with Crippen LogP contribution in [0.2, 0.25) is 0 Å². The fourth-order valence-corrected chi connectivity index (χ4v) is 3.97. The quantitative estimate of drug-likeness (QED) is 0.450. The second kappa shape index (κ2) is 12.3. The summed E-state index contributed by atoms with van der Waals surface area (Å²) in [5.41, 5.74) is 3.63. The van der Waals surface area contributed by atoms with Gasteiger partial charge in [-0.2, -0.15) is 0 Å². The minimum absolute atomic E-state index is 0.287. The minimum atomic E-state index is 0.287. The Labute approximate surface area is 186 Å².